The molecule has 6 heteroatoms. The van der Waals surface area contributed by atoms with E-state index in [4.69, 9.17) is 0 Å². The van der Waals surface area contributed by atoms with Gasteiger partial charge in [0.2, 0.25) is 0 Å². The fourth-order valence-corrected chi connectivity index (χ4v) is 3.27. The van der Waals surface area contributed by atoms with Crippen molar-refractivity contribution < 1.29 is 4.79 Å². The fraction of sp³-hybridized carbons (Fsp3) is 0.222. The Balaban J connectivity index is 1.70. The first kappa shape index (κ1) is 14.6. The van der Waals surface area contributed by atoms with Crippen molar-refractivity contribution >= 4 is 28.3 Å². The average molecular weight is 319 g/mol. The van der Waals surface area contributed by atoms with Gasteiger partial charge in [0.05, 0.1) is 6.54 Å². The topological polar surface area (TPSA) is 83.0 Å². The quantitative estimate of drug-likeness (QED) is 0.761. The summed E-state index contributed by atoms with van der Waals surface area (Å²) in [4.78, 5) is 17.2. The maximum Gasteiger partial charge on any atom is 0.256 e. The number of anilines is 1. The number of aryl methyl sites for hydroxylation is 2. The van der Waals surface area contributed by atoms with Crippen molar-refractivity contribution in [1.29, 1.82) is 0 Å². The molecule has 3 aromatic rings. The lowest BCUT2D eigenvalue weighted by molar-refractivity contribution is 0.102. The maximum atomic E-state index is 12.8. The van der Waals surface area contributed by atoms with E-state index in [9.17, 15) is 4.79 Å². The molecule has 1 amide bonds. The van der Waals surface area contributed by atoms with Crippen LogP contribution in [0.1, 0.15) is 39.5 Å². The molecule has 2 heterocycles. The summed E-state index contributed by atoms with van der Waals surface area (Å²) < 4.78 is 0. The lowest BCUT2D eigenvalue weighted by atomic mass is 10.00. The highest BCUT2D eigenvalue weighted by atomic mass is 16.1. The summed E-state index contributed by atoms with van der Waals surface area (Å²) in [7, 11) is 0. The van der Waals surface area contributed by atoms with E-state index in [1.165, 1.54) is 5.56 Å². The second-order valence-electron chi connectivity index (χ2n) is 6.11. The molecule has 0 spiro atoms. The van der Waals surface area contributed by atoms with Gasteiger partial charge >= 0.3 is 0 Å². The van der Waals surface area contributed by atoms with Crippen molar-refractivity contribution in [2.75, 3.05) is 5.32 Å². The van der Waals surface area contributed by atoms with Crippen LogP contribution in [0.4, 0.5) is 5.69 Å². The lowest BCUT2D eigenvalue weighted by Gasteiger charge is -2.12. The first-order valence-electron chi connectivity index (χ1n) is 7.81. The van der Waals surface area contributed by atoms with Gasteiger partial charge in [-0.25, -0.2) is 0 Å². The van der Waals surface area contributed by atoms with Crippen LogP contribution >= 0.6 is 0 Å². The second kappa shape index (κ2) is 5.26. The van der Waals surface area contributed by atoms with Crippen LogP contribution in [0.3, 0.4) is 0 Å². The molecule has 0 unspecified atom stereocenters. The number of carbonyl (C=O) groups excluding carboxylic acids is 1. The number of aromatic nitrogens is 3. The summed E-state index contributed by atoms with van der Waals surface area (Å²) in [5, 5.41) is 13.8. The summed E-state index contributed by atoms with van der Waals surface area (Å²) in [6.07, 6.45) is 0. The molecule has 6 nitrogen and oxygen atoms in total. The summed E-state index contributed by atoms with van der Waals surface area (Å²) >= 11 is 0. The highest BCUT2D eigenvalue weighted by Crippen LogP contribution is 2.25. The van der Waals surface area contributed by atoms with Crippen molar-refractivity contribution in [1.82, 2.24) is 15.4 Å². The van der Waals surface area contributed by atoms with Gasteiger partial charge in [-0.1, -0.05) is 6.07 Å². The summed E-state index contributed by atoms with van der Waals surface area (Å²) in [5.41, 5.74) is 7.93. The van der Waals surface area contributed by atoms with E-state index in [0.29, 0.717) is 5.56 Å². The molecule has 0 fully saturated rings. The van der Waals surface area contributed by atoms with Crippen molar-refractivity contribution in [3.05, 3.63) is 52.1 Å². The minimum atomic E-state index is -0.137. The van der Waals surface area contributed by atoms with Gasteiger partial charge in [0, 0.05) is 22.5 Å². The second-order valence-corrected chi connectivity index (χ2v) is 6.11. The van der Waals surface area contributed by atoms with Crippen LogP contribution in [0.25, 0.3) is 11.0 Å². The van der Waals surface area contributed by atoms with Crippen LogP contribution in [0, 0.1) is 13.8 Å². The third-order valence-corrected chi connectivity index (χ3v) is 4.52. The zero-order valence-corrected chi connectivity index (χ0v) is 13.8. The van der Waals surface area contributed by atoms with E-state index in [1.807, 2.05) is 45.0 Å². The van der Waals surface area contributed by atoms with Gasteiger partial charge in [-0.15, -0.1) is 0 Å². The number of H-pyrrole nitrogens is 1. The minimum absolute atomic E-state index is 0.137. The number of amides is 1. The van der Waals surface area contributed by atoms with Crippen molar-refractivity contribution in [3.8, 4) is 0 Å². The number of nitrogens with one attached hydrogen (secondary N) is 2. The van der Waals surface area contributed by atoms with Gasteiger partial charge < -0.3 is 5.32 Å². The zero-order valence-electron chi connectivity index (χ0n) is 13.8. The van der Waals surface area contributed by atoms with Gasteiger partial charge in [0.25, 0.3) is 5.91 Å². The Hall–Kier alpha value is -3.02. The molecule has 4 rings (SSSR count). The molecule has 24 heavy (non-hydrogen) atoms. The monoisotopic (exact) mass is 319 g/mol. The number of aromatic amines is 1. The van der Waals surface area contributed by atoms with Gasteiger partial charge in [-0.05, 0) is 55.7 Å². The number of carbonyl (C=O) groups is 1. The van der Waals surface area contributed by atoms with Crippen molar-refractivity contribution in [3.63, 3.8) is 0 Å². The Morgan fingerprint density at radius 2 is 2.00 bits per heavy atom. The van der Waals surface area contributed by atoms with E-state index in [-0.39, 0.29) is 5.91 Å². The lowest BCUT2D eigenvalue weighted by Crippen LogP contribution is -2.15. The number of aliphatic imine (C=N–C) groups is 1. The summed E-state index contributed by atoms with van der Waals surface area (Å²) in [5.74, 6) is -0.137. The molecule has 0 aliphatic carbocycles. The molecule has 1 aliphatic heterocycles. The molecule has 2 N–H and O–H groups in total. The number of hydrogen-bond donors (Lipinski definition) is 2. The fourth-order valence-electron chi connectivity index (χ4n) is 3.27. The Morgan fingerprint density at radius 3 is 2.83 bits per heavy atom. The number of benzene rings is 2. The molecule has 0 radical (unpaired) electrons. The van der Waals surface area contributed by atoms with E-state index >= 15 is 0 Å². The first-order valence-corrected chi connectivity index (χ1v) is 7.81. The predicted octanol–water partition coefficient (Wildman–Crippen LogP) is 3.15. The van der Waals surface area contributed by atoms with E-state index in [0.717, 1.165) is 45.7 Å². The normalized spacial score (nSPS) is 13.0. The van der Waals surface area contributed by atoms with E-state index in [1.54, 1.807) is 0 Å². The Kier molecular flexibility index (Phi) is 3.19. The van der Waals surface area contributed by atoms with Crippen LogP contribution in [0.5, 0.6) is 0 Å². The number of rotatable bonds is 2. The maximum absolute atomic E-state index is 12.8. The molecule has 0 bridgehead atoms. The minimum Gasteiger partial charge on any atom is -0.322 e. The van der Waals surface area contributed by atoms with Crippen LogP contribution < -0.4 is 5.32 Å². The molecular weight excluding hydrogens is 302 g/mol. The molecule has 0 saturated carbocycles. The highest BCUT2D eigenvalue weighted by molar-refractivity contribution is 6.09. The number of hydrogen-bond acceptors (Lipinski definition) is 4. The molecule has 120 valence electrons. The van der Waals surface area contributed by atoms with Gasteiger partial charge in [-0.3, -0.25) is 9.79 Å². The standard InChI is InChI=1S/C18H17N5O/c1-9-6-15-17(22-23-21-15)10(2)16(9)18(24)20-13-5-4-12-8-19-11(3)14(12)7-13/h4-7H,8H2,1-3H3,(H,20,24)(H,21,22,23). The third kappa shape index (κ3) is 2.19. The van der Waals surface area contributed by atoms with E-state index in [2.05, 4.69) is 25.7 Å². The molecule has 0 saturated heterocycles. The Morgan fingerprint density at radius 1 is 1.17 bits per heavy atom. The largest absolute Gasteiger partial charge is 0.322 e. The Labute approximate surface area is 139 Å². The number of fused-ring (bicyclic) bond motifs is 2. The van der Waals surface area contributed by atoms with Gasteiger partial charge in [0.15, 0.2) is 0 Å². The van der Waals surface area contributed by atoms with Crippen LogP contribution in [-0.4, -0.2) is 27.0 Å². The Bertz CT molecular complexity index is 1020. The first-order chi connectivity index (χ1) is 11.5. The molecule has 1 aromatic heterocycles. The molecule has 0 atom stereocenters. The summed E-state index contributed by atoms with van der Waals surface area (Å²) in [6.45, 7) is 6.52. The summed E-state index contributed by atoms with van der Waals surface area (Å²) in [6, 6.07) is 7.80. The predicted molar refractivity (Wildman–Crippen MR) is 93.7 cm³/mol. The third-order valence-electron chi connectivity index (χ3n) is 4.52. The number of nitrogens with zero attached hydrogens (tertiary/aromatic N) is 3. The van der Waals surface area contributed by atoms with Crippen LogP contribution in [0.2, 0.25) is 0 Å². The van der Waals surface area contributed by atoms with Crippen molar-refractivity contribution in [2.24, 2.45) is 4.99 Å². The highest BCUT2D eigenvalue weighted by Gasteiger charge is 2.18. The zero-order chi connectivity index (χ0) is 16.8. The van der Waals surface area contributed by atoms with Crippen LogP contribution in [0.15, 0.2) is 29.3 Å². The van der Waals surface area contributed by atoms with Gasteiger partial charge in [-0.2, -0.15) is 15.4 Å². The average Bonchev–Trinajstić information content (AvgIpc) is 3.15. The SMILES string of the molecule is CC1=NCc2ccc(NC(=O)c3c(C)cc4n[nH]nc4c3C)cc21. The van der Waals surface area contributed by atoms with Gasteiger partial charge in [0.1, 0.15) is 11.0 Å². The smallest absolute Gasteiger partial charge is 0.256 e. The molecule has 2 aromatic carbocycles. The molecule has 1 aliphatic rings. The van der Waals surface area contributed by atoms with Crippen LogP contribution in [-0.2, 0) is 6.54 Å². The molecular formula is C18H17N5O. The van der Waals surface area contributed by atoms with E-state index < -0.39 is 0 Å². The van der Waals surface area contributed by atoms with Crippen molar-refractivity contribution in [2.45, 2.75) is 27.3 Å².